The first-order chi connectivity index (χ1) is 7.40. The van der Waals surface area contributed by atoms with E-state index in [9.17, 15) is 0 Å². The van der Waals surface area contributed by atoms with Crippen molar-refractivity contribution in [2.24, 2.45) is 17.8 Å². The van der Waals surface area contributed by atoms with Crippen LogP contribution < -0.4 is 5.32 Å². The molecule has 1 unspecified atom stereocenters. The Hall–Kier alpha value is -0.720. The number of nitrogens with zero attached hydrogens (tertiary/aromatic N) is 1. The van der Waals surface area contributed by atoms with Gasteiger partial charge in [0.15, 0.2) is 0 Å². The molecule has 1 radical (unpaired) electrons. The molecule has 3 saturated carbocycles. The highest BCUT2D eigenvalue weighted by Gasteiger charge is 2.39. The van der Waals surface area contributed by atoms with Gasteiger partial charge in [-0.1, -0.05) is 6.08 Å². The molecule has 15 heavy (non-hydrogen) atoms. The van der Waals surface area contributed by atoms with E-state index in [0.717, 1.165) is 17.8 Å². The van der Waals surface area contributed by atoms with Crippen LogP contribution in [-0.2, 0) is 0 Å². The summed E-state index contributed by atoms with van der Waals surface area (Å²) in [5.74, 6) is 2.66. The van der Waals surface area contributed by atoms with Crippen molar-refractivity contribution in [2.45, 2.75) is 44.6 Å². The lowest BCUT2D eigenvalue weighted by Crippen LogP contribution is -2.26. The fourth-order valence-corrected chi connectivity index (χ4v) is 2.61. The van der Waals surface area contributed by atoms with Crippen molar-refractivity contribution in [1.82, 2.24) is 5.32 Å². The Morgan fingerprint density at radius 2 is 1.67 bits per heavy atom. The molecule has 1 nitrogen and oxygen atoms in total. The largest absolute Gasteiger partial charge is 0.282 e. The van der Waals surface area contributed by atoms with Crippen LogP contribution in [0.3, 0.4) is 0 Å². The molecule has 1 heterocycles. The Balaban J connectivity index is 1.61. The third-order valence-corrected chi connectivity index (χ3v) is 4.13. The number of rotatable bonds is 3. The molecule has 3 aliphatic carbocycles. The Morgan fingerprint density at radius 1 is 0.933 bits per heavy atom. The molecule has 1 aliphatic heterocycles. The average Bonchev–Trinajstić information content (AvgIpc) is 3.20. The van der Waals surface area contributed by atoms with Crippen molar-refractivity contribution in [2.75, 3.05) is 0 Å². The molecule has 0 aromatic heterocycles. The summed E-state index contributed by atoms with van der Waals surface area (Å²) in [7, 11) is 0. The zero-order valence-corrected chi connectivity index (χ0v) is 9.15. The van der Waals surface area contributed by atoms with E-state index in [2.05, 4.69) is 12.2 Å². The van der Waals surface area contributed by atoms with Crippen LogP contribution in [-0.4, -0.2) is 6.04 Å². The van der Waals surface area contributed by atoms with E-state index in [-0.39, 0.29) is 0 Å². The smallest absolute Gasteiger partial charge is 0.0717 e. The van der Waals surface area contributed by atoms with E-state index >= 15 is 0 Å². The summed E-state index contributed by atoms with van der Waals surface area (Å²) in [4.78, 5) is 0. The molecule has 79 valence electrons. The van der Waals surface area contributed by atoms with Crippen LogP contribution in [0.4, 0.5) is 0 Å². The average molecular weight is 200 g/mol. The van der Waals surface area contributed by atoms with E-state index in [1.165, 1.54) is 44.2 Å². The van der Waals surface area contributed by atoms with Gasteiger partial charge < -0.3 is 0 Å². The van der Waals surface area contributed by atoms with E-state index in [4.69, 9.17) is 5.32 Å². The topological polar surface area (TPSA) is 14.1 Å². The molecule has 0 bridgehead atoms. The Labute approximate surface area is 91.6 Å². The highest BCUT2D eigenvalue weighted by molar-refractivity contribution is 5.36. The summed E-state index contributed by atoms with van der Waals surface area (Å²) in [6.45, 7) is 0. The second-order valence-electron chi connectivity index (χ2n) is 5.74. The van der Waals surface area contributed by atoms with Crippen LogP contribution in [0.2, 0.25) is 0 Å². The highest BCUT2D eigenvalue weighted by Crippen LogP contribution is 2.46. The van der Waals surface area contributed by atoms with Crippen LogP contribution in [0.5, 0.6) is 0 Å². The van der Waals surface area contributed by atoms with Gasteiger partial charge in [-0.15, -0.1) is 0 Å². The van der Waals surface area contributed by atoms with Crippen LogP contribution >= 0.6 is 0 Å². The van der Waals surface area contributed by atoms with Crippen molar-refractivity contribution >= 4 is 0 Å². The number of hydrogen-bond acceptors (Lipinski definition) is 0. The normalized spacial score (nSPS) is 35.6. The maximum absolute atomic E-state index is 4.95. The van der Waals surface area contributed by atoms with Crippen molar-refractivity contribution in [3.05, 3.63) is 23.4 Å². The second-order valence-corrected chi connectivity index (χ2v) is 5.74. The lowest BCUT2D eigenvalue weighted by Gasteiger charge is -2.22. The van der Waals surface area contributed by atoms with Gasteiger partial charge in [0, 0.05) is 11.6 Å². The summed E-state index contributed by atoms with van der Waals surface area (Å²) in [5.41, 5.74) is 3.10. The van der Waals surface area contributed by atoms with Crippen LogP contribution in [0, 0.1) is 17.8 Å². The molecule has 0 N–H and O–H groups in total. The first kappa shape index (κ1) is 8.43. The fraction of sp³-hybridized carbons (Fsp3) is 0.714. The lowest BCUT2D eigenvalue weighted by atomic mass is 9.98. The molecular formula is C14H18N. The molecule has 0 spiro atoms. The molecule has 1 atom stereocenters. The van der Waals surface area contributed by atoms with E-state index < -0.39 is 0 Å². The van der Waals surface area contributed by atoms with E-state index in [1.807, 2.05) is 0 Å². The summed E-state index contributed by atoms with van der Waals surface area (Å²) in [6, 6.07) is 0.571. The summed E-state index contributed by atoms with van der Waals surface area (Å²) in [5, 5.41) is 4.95. The van der Waals surface area contributed by atoms with Crippen molar-refractivity contribution in [3.8, 4) is 0 Å². The molecule has 1 heteroatoms. The number of hydrogen-bond donors (Lipinski definition) is 0. The zero-order valence-electron chi connectivity index (χ0n) is 9.15. The Morgan fingerprint density at radius 3 is 2.27 bits per heavy atom. The molecule has 0 aromatic rings. The third-order valence-electron chi connectivity index (χ3n) is 4.13. The maximum Gasteiger partial charge on any atom is 0.0717 e. The van der Waals surface area contributed by atoms with Gasteiger partial charge in [0.05, 0.1) is 6.04 Å². The molecule has 0 aromatic carbocycles. The van der Waals surface area contributed by atoms with Gasteiger partial charge in [0.1, 0.15) is 0 Å². The van der Waals surface area contributed by atoms with E-state index in [0.29, 0.717) is 6.04 Å². The molecule has 4 aliphatic rings. The first-order valence-corrected chi connectivity index (χ1v) is 6.54. The quantitative estimate of drug-likeness (QED) is 0.665. The Bertz CT molecular complexity index is 340. The lowest BCUT2D eigenvalue weighted by molar-refractivity contribution is 0.553. The fourth-order valence-electron chi connectivity index (χ4n) is 2.61. The summed E-state index contributed by atoms with van der Waals surface area (Å²) < 4.78 is 0. The van der Waals surface area contributed by atoms with E-state index in [1.54, 1.807) is 5.57 Å². The number of allylic oxidation sites excluding steroid dienone is 3. The van der Waals surface area contributed by atoms with Gasteiger partial charge in [-0.25, -0.2) is 0 Å². The van der Waals surface area contributed by atoms with Gasteiger partial charge in [0.25, 0.3) is 0 Å². The SMILES string of the molecule is C1=C(C2CC2)C=C(C2CC2)[N]C1C1CC1. The van der Waals surface area contributed by atoms with Crippen LogP contribution in [0.25, 0.3) is 0 Å². The van der Waals surface area contributed by atoms with Crippen LogP contribution in [0.15, 0.2) is 23.4 Å². The Kier molecular flexibility index (Phi) is 1.63. The molecule has 0 amide bonds. The predicted molar refractivity (Wildman–Crippen MR) is 60.3 cm³/mol. The van der Waals surface area contributed by atoms with Crippen LogP contribution in [0.1, 0.15) is 38.5 Å². The van der Waals surface area contributed by atoms with Gasteiger partial charge >= 0.3 is 0 Å². The minimum absolute atomic E-state index is 0.571. The minimum atomic E-state index is 0.571. The standard InChI is InChI=1S/C14H18N/c1-2-9(1)12-7-13(10-3-4-10)15-14(8-12)11-5-6-11/h7-11,13H,1-6H2. The molecular weight excluding hydrogens is 182 g/mol. The minimum Gasteiger partial charge on any atom is -0.282 e. The molecule has 4 rings (SSSR count). The summed E-state index contributed by atoms with van der Waals surface area (Å²) in [6.07, 6.45) is 13.4. The zero-order chi connectivity index (χ0) is 9.83. The monoisotopic (exact) mass is 200 g/mol. The van der Waals surface area contributed by atoms with Crippen molar-refractivity contribution in [1.29, 1.82) is 0 Å². The van der Waals surface area contributed by atoms with Crippen molar-refractivity contribution in [3.63, 3.8) is 0 Å². The first-order valence-electron chi connectivity index (χ1n) is 6.54. The highest BCUT2D eigenvalue weighted by atomic mass is 15.0. The maximum atomic E-state index is 4.95. The van der Waals surface area contributed by atoms with Gasteiger partial charge in [-0.3, -0.25) is 5.32 Å². The predicted octanol–water partition coefficient (Wildman–Crippen LogP) is 3.01. The van der Waals surface area contributed by atoms with Gasteiger partial charge in [0.2, 0.25) is 0 Å². The summed E-state index contributed by atoms with van der Waals surface area (Å²) >= 11 is 0. The molecule has 0 saturated heterocycles. The molecule has 3 fully saturated rings. The van der Waals surface area contributed by atoms with Gasteiger partial charge in [-0.05, 0) is 62.0 Å². The van der Waals surface area contributed by atoms with Gasteiger partial charge in [-0.2, -0.15) is 0 Å². The third kappa shape index (κ3) is 1.62. The van der Waals surface area contributed by atoms with Crippen molar-refractivity contribution < 1.29 is 0 Å². The second kappa shape index (κ2) is 2.90.